The van der Waals surface area contributed by atoms with Gasteiger partial charge in [-0.3, -0.25) is 0 Å². The summed E-state index contributed by atoms with van der Waals surface area (Å²) < 4.78 is 0. The zero-order valence-corrected chi connectivity index (χ0v) is 14.4. The van der Waals surface area contributed by atoms with Crippen LogP contribution in [0, 0.1) is 6.92 Å². The molecule has 1 aromatic rings. The molecule has 2 N–H and O–H groups in total. The Labute approximate surface area is 125 Å². The molecule has 1 unspecified atom stereocenters. The summed E-state index contributed by atoms with van der Waals surface area (Å²) in [6.45, 7) is 11.9. The van der Waals surface area contributed by atoms with Crippen molar-refractivity contribution in [2.75, 3.05) is 7.05 Å². The molecule has 1 rings (SSSR count). The summed E-state index contributed by atoms with van der Waals surface area (Å²) >= 11 is 0. The second-order valence-corrected chi connectivity index (χ2v) is 6.58. The van der Waals surface area contributed by atoms with E-state index < -0.39 is 5.60 Å². The van der Waals surface area contributed by atoms with E-state index in [2.05, 4.69) is 44.3 Å². The Morgan fingerprint density at radius 1 is 1.25 bits per heavy atom. The van der Waals surface area contributed by atoms with Gasteiger partial charge < -0.3 is 10.4 Å². The number of rotatable bonds is 5. The van der Waals surface area contributed by atoms with Gasteiger partial charge in [-0.1, -0.05) is 31.5 Å². The summed E-state index contributed by atoms with van der Waals surface area (Å²) in [7, 11) is 2.02. The van der Waals surface area contributed by atoms with E-state index in [4.69, 9.17) is 5.11 Å². The molecule has 0 spiro atoms. The van der Waals surface area contributed by atoms with E-state index in [0.717, 1.165) is 6.42 Å². The van der Waals surface area contributed by atoms with Crippen LogP contribution in [0.5, 0.6) is 0 Å². The first kappa shape index (κ1) is 19.1. The van der Waals surface area contributed by atoms with Crippen LogP contribution in [0.1, 0.15) is 57.7 Å². The standard InChI is InChI=1S/C14H23N.C4H10O/c1-5-6-14-8-7-13(9-11(14)2)10-12(3)15-4;1-4(2,3)5/h7-9,12,15H,5-6,10H2,1-4H3;5H,1-3H3. The molecule has 0 saturated carbocycles. The summed E-state index contributed by atoms with van der Waals surface area (Å²) in [6, 6.07) is 7.45. The van der Waals surface area contributed by atoms with Crippen LogP contribution < -0.4 is 5.32 Å². The van der Waals surface area contributed by atoms with Crippen LogP contribution in [0.15, 0.2) is 18.2 Å². The Kier molecular flexibility index (Phi) is 8.75. The molecule has 0 fully saturated rings. The molecule has 0 radical (unpaired) electrons. The monoisotopic (exact) mass is 279 g/mol. The average Bonchev–Trinajstić information content (AvgIpc) is 2.30. The largest absolute Gasteiger partial charge is 0.391 e. The Bertz CT molecular complexity index is 373. The van der Waals surface area contributed by atoms with E-state index in [9.17, 15) is 0 Å². The van der Waals surface area contributed by atoms with Crippen molar-refractivity contribution in [2.24, 2.45) is 0 Å². The Morgan fingerprint density at radius 2 is 1.80 bits per heavy atom. The zero-order valence-electron chi connectivity index (χ0n) is 14.4. The van der Waals surface area contributed by atoms with Gasteiger partial charge in [-0.2, -0.15) is 0 Å². The number of hydrogen-bond acceptors (Lipinski definition) is 2. The van der Waals surface area contributed by atoms with Crippen molar-refractivity contribution >= 4 is 0 Å². The van der Waals surface area contributed by atoms with Gasteiger partial charge in [-0.25, -0.2) is 0 Å². The second-order valence-electron chi connectivity index (χ2n) is 6.58. The lowest BCUT2D eigenvalue weighted by atomic mass is 9.98. The molecule has 0 bridgehead atoms. The van der Waals surface area contributed by atoms with Crippen LogP contribution in [0.2, 0.25) is 0 Å². The van der Waals surface area contributed by atoms with Crippen LogP contribution in [0.25, 0.3) is 0 Å². The van der Waals surface area contributed by atoms with Crippen molar-refractivity contribution in [1.29, 1.82) is 0 Å². The molecule has 1 aromatic carbocycles. The van der Waals surface area contributed by atoms with Crippen LogP contribution in [-0.2, 0) is 12.8 Å². The van der Waals surface area contributed by atoms with Gasteiger partial charge in [0, 0.05) is 6.04 Å². The van der Waals surface area contributed by atoms with Gasteiger partial charge in [0.25, 0.3) is 0 Å². The van der Waals surface area contributed by atoms with Crippen molar-refractivity contribution in [1.82, 2.24) is 5.32 Å². The van der Waals surface area contributed by atoms with Crippen molar-refractivity contribution in [3.05, 3.63) is 34.9 Å². The first-order chi connectivity index (χ1) is 9.17. The summed E-state index contributed by atoms with van der Waals surface area (Å²) in [4.78, 5) is 0. The fourth-order valence-electron chi connectivity index (χ4n) is 1.89. The molecule has 116 valence electrons. The van der Waals surface area contributed by atoms with E-state index in [0.29, 0.717) is 6.04 Å². The van der Waals surface area contributed by atoms with Crippen LogP contribution >= 0.6 is 0 Å². The van der Waals surface area contributed by atoms with Gasteiger partial charge in [-0.05, 0) is 71.2 Å². The van der Waals surface area contributed by atoms with Crippen LogP contribution in [-0.4, -0.2) is 23.8 Å². The molecule has 0 heterocycles. The minimum absolute atomic E-state index is 0.500. The maximum Gasteiger partial charge on any atom is 0.0563 e. The van der Waals surface area contributed by atoms with E-state index in [-0.39, 0.29) is 0 Å². The highest BCUT2D eigenvalue weighted by molar-refractivity contribution is 5.31. The molecule has 0 aliphatic heterocycles. The Morgan fingerprint density at radius 3 is 2.20 bits per heavy atom. The van der Waals surface area contributed by atoms with Crippen LogP contribution in [0.4, 0.5) is 0 Å². The first-order valence-electron chi connectivity index (χ1n) is 7.65. The number of nitrogens with one attached hydrogen (secondary N) is 1. The predicted octanol–water partition coefficient (Wildman–Crippen LogP) is 3.88. The van der Waals surface area contributed by atoms with E-state index in [1.165, 1.54) is 29.5 Å². The summed E-state index contributed by atoms with van der Waals surface area (Å²) in [6.07, 6.45) is 3.55. The van der Waals surface area contributed by atoms with Crippen molar-refractivity contribution in [3.63, 3.8) is 0 Å². The average molecular weight is 279 g/mol. The maximum absolute atomic E-state index is 8.52. The third-order valence-corrected chi connectivity index (χ3v) is 2.96. The molecule has 2 nitrogen and oxygen atoms in total. The Balaban J connectivity index is 0.000000621. The molecule has 20 heavy (non-hydrogen) atoms. The number of aryl methyl sites for hydroxylation is 2. The zero-order chi connectivity index (χ0) is 15.8. The number of aliphatic hydroxyl groups is 1. The van der Waals surface area contributed by atoms with E-state index in [1.54, 1.807) is 20.8 Å². The topological polar surface area (TPSA) is 32.3 Å². The molecular formula is C18H33NO. The minimum Gasteiger partial charge on any atom is -0.391 e. The first-order valence-corrected chi connectivity index (χ1v) is 7.65. The van der Waals surface area contributed by atoms with Crippen molar-refractivity contribution < 1.29 is 5.11 Å². The molecule has 0 amide bonds. The highest BCUT2D eigenvalue weighted by Gasteiger charge is 2.03. The molecule has 1 atom stereocenters. The maximum atomic E-state index is 8.52. The molecule has 0 aliphatic rings. The number of benzene rings is 1. The smallest absolute Gasteiger partial charge is 0.0563 e. The second kappa shape index (κ2) is 9.15. The molecular weight excluding hydrogens is 246 g/mol. The van der Waals surface area contributed by atoms with E-state index >= 15 is 0 Å². The van der Waals surface area contributed by atoms with Gasteiger partial charge in [0.15, 0.2) is 0 Å². The lowest BCUT2D eigenvalue weighted by Crippen LogP contribution is -2.23. The highest BCUT2D eigenvalue weighted by atomic mass is 16.3. The SMILES string of the molecule is CC(C)(C)O.CCCc1ccc(CC(C)NC)cc1C. The summed E-state index contributed by atoms with van der Waals surface area (Å²) in [5, 5.41) is 11.8. The summed E-state index contributed by atoms with van der Waals surface area (Å²) in [5.41, 5.74) is 3.88. The lowest BCUT2D eigenvalue weighted by molar-refractivity contribution is 0.102. The fourth-order valence-corrected chi connectivity index (χ4v) is 1.89. The van der Waals surface area contributed by atoms with Gasteiger partial charge in [0.2, 0.25) is 0 Å². The number of likely N-dealkylation sites (N-methyl/N-ethyl adjacent to an activating group) is 1. The van der Waals surface area contributed by atoms with Gasteiger partial charge in [0.05, 0.1) is 5.60 Å². The third kappa shape index (κ3) is 9.99. The van der Waals surface area contributed by atoms with Crippen LogP contribution in [0.3, 0.4) is 0 Å². The van der Waals surface area contributed by atoms with Gasteiger partial charge in [0.1, 0.15) is 0 Å². The normalized spacial score (nSPS) is 12.6. The van der Waals surface area contributed by atoms with Gasteiger partial charge in [-0.15, -0.1) is 0 Å². The molecule has 2 heteroatoms. The lowest BCUT2D eigenvalue weighted by Gasteiger charge is -2.12. The minimum atomic E-state index is -0.500. The molecule has 0 aromatic heterocycles. The highest BCUT2D eigenvalue weighted by Crippen LogP contribution is 2.14. The summed E-state index contributed by atoms with van der Waals surface area (Å²) in [5.74, 6) is 0. The quantitative estimate of drug-likeness (QED) is 0.857. The Hall–Kier alpha value is -0.860. The van der Waals surface area contributed by atoms with E-state index in [1.807, 2.05) is 7.05 Å². The molecule has 0 aliphatic carbocycles. The van der Waals surface area contributed by atoms with Crippen molar-refractivity contribution in [3.8, 4) is 0 Å². The van der Waals surface area contributed by atoms with Gasteiger partial charge >= 0.3 is 0 Å². The third-order valence-electron chi connectivity index (χ3n) is 2.96. The fraction of sp³-hybridized carbons (Fsp3) is 0.667. The van der Waals surface area contributed by atoms with Crippen molar-refractivity contribution in [2.45, 2.75) is 72.4 Å². The molecule has 0 saturated heterocycles. The predicted molar refractivity (Wildman–Crippen MR) is 89.4 cm³/mol. The number of hydrogen-bond donors (Lipinski definition) is 2.